The highest BCUT2D eigenvalue weighted by Gasteiger charge is 2.09. The summed E-state index contributed by atoms with van der Waals surface area (Å²) in [5.41, 5.74) is 0. The second kappa shape index (κ2) is 6.30. The Morgan fingerprint density at radius 1 is 1.33 bits per heavy atom. The van der Waals surface area contributed by atoms with Crippen LogP contribution in [0.2, 0.25) is 0 Å². The van der Waals surface area contributed by atoms with Crippen molar-refractivity contribution >= 4 is 0 Å². The maximum Gasteiger partial charge on any atom is 0.130 e. The van der Waals surface area contributed by atoms with Crippen molar-refractivity contribution in [3.05, 3.63) is 0 Å². The fraction of sp³-hybridized carbons (Fsp3) is 1.00. The molecular weight excluding hydrogens is 162 g/mol. The van der Waals surface area contributed by atoms with E-state index >= 15 is 0 Å². The van der Waals surface area contributed by atoms with Crippen LogP contribution in [0.15, 0.2) is 0 Å². The van der Waals surface area contributed by atoms with E-state index in [0.29, 0.717) is 32.8 Å². The number of hydroxylamine groups is 2. The second-order valence-electron chi connectivity index (χ2n) is 2.77. The molecule has 0 aromatic rings. The largest absolute Gasteiger partial charge is 0.379 e. The molecule has 0 spiro atoms. The topological polar surface area (TPSA) is 90.7 Å². The highest BCUT2D eigenvalue weighted by atomic mass is 16.6. The second-order valence-corrected chi connectivity index (χ2v) is 2.77. The number of nitrogens with zero attached hydrogens (tertiary/aromatic N) is 1. The summed E-state index contributed by atoms with van der Waals surface area (Å²) in [7, 11) is 1.50. The molecule has 0 fully saturated rings. The number of quaternary nitrogens is 1. The van der Waals surface area contributed by atoms with E-state index in [1.165, 1.54) is 7.05 Å². The molecule has 6 nitrogen and oxygen atoms in total. The average Bonchev–Trinajstić information content (AvgIpc) is 1.94. The van der Waals surface area contributed by atoms with E-state index in [4.69, 9.17) is 21.7 Å². The first-order valence-electron chi connectivity index (χ1n) is 3.82. The summed E-state index contributed by atoms with van der Waals surface area (Å²) < 4.78 is 4.57. The molecule has 0 aliphatic heterocycles. The van der Waals surface area contributed by atoms with Gasteiger partial charge in [-0.15, -0.1) is 10.6 Å². The third-order valence-corrected chi connectivity index (χ3v) is 1.25. The van der Waals surface area contributed by atoms with Crippen LogP contribution in [0.3, 0.4) is 0 Å². The van der Waals surface area contributed by atoms with Gasteiger partial charge in [0.05, 0.1) is 19.8 Å². The molecule has 0 saturated heterocycles. The van der Waals surface area contributed by atoms with Crippen LogP contribution in [-0.4, -0.2) is 43.4 Å². The van der Waals surface area contributed by atoms with Crippen LogP contribution in [-0.2, 0) is 9.57 Å². The van der Waals surface area contributed by atoms with Gasteiger partial charge in [-0.1, -0.05) is 0 Å². The molecule has 0 aliphatic rings. The van der Waals surface area contributed by atoms with Crippen molar-refractivity contribution in [1.82, 2.24) is 0 Å². The highest BCUT2D eigenvalue weighted by molar-refractivity contribution is 4.32. The van der Waals surface area contributed by atoms with Crippen LogP contribution in [0.5, 0.6) is 0 Å². The number of hydrogen-bond acceptors (Lipinski definition) is 5. The third kappa shape index (κ3) is 9.76. The number of hydrogen-bond donors (Lipinski definition) is 3. The van der Waals surface area contributed by atoms with Crippen LogP contribution < -0.4 is 11.7 Å². The summed E-state index contributed by atoms with van der Waals surface area (Å²) in [6, 6.07) is 0. The first-order chi connectivity index (χ1) is 5.56. The lowest BCUT2D eigenvalue weighted by Gasteiger charge is -2.17. The molecule has 0 rings (SSSR count). The molecule has 0 aliphatic carbocycles. The molecule has 0 saturated carbocycles. The zero-order valence-electron chi connectivity index (χ0n) is 7.40. The lowest BCUT2D eigenvalue weighted by molar-refractivity contribution is -1.10. The lowest BCUT2D eigenvalue weighted by Crippen LogP contribution is -2.48. The minimum atomic E-state index is -0.517. The summed E-state index contributed by atoms with van der Waals surface area (Å²) in [5, 5.41) is 9.04. The molecule has 1 atom stereocenters. The standard InChI is InChI=1S/C6H18N3O3/c1-9(7,10)3-2-4-11-5-6-12-8/h10H,2-8H2,1H3/q+1. The monoisotopic (exact) mass is 180 g/mol. The maximum absolute atomic E-state index is 9.04. The van der Waals surface area contributed by atoms with Gasteiger partial charge in [0, 0.05) is 6.42 Å². The van der Waals surface area contributed by atoms with Crippen LogP contribution in [0, 0.1) is 0 Å². The smallest absolute Gasteiger partial charge is 0.130 e. The Labute approximate surface area is 72.1 Å². The van der Waals surface area contributed by atoms with E-state index in [1.807, 2.05) is 0 Å². The molecule has 0 radical (unpaired) electrons. The number of rotatable bonds is 7. The molecule has 6 heteroatoms. The molecule has 5 N–H and O–H groups in total. The van der Waals surface area contributed by atoms with Crippen molar-refractivity contribution in [3.8, 4) is 0 Å². The van der Waals surface area contributed by atoms with Gasteiger partial charge in [0.15, 0.2) is 0 Å². The van der Waals surface area contributed by atoms with E-state index < -0.39 is 4.76 Å². The van der Waals surface area contributed by atoms with Gasteiger partial charge in [0.1, 0.15) is 13.6 Å². The van der Waals surface area contributed by atoms with E-state index in [-0.39, 0.29) is 0 Å². The van der Waals surface area contributed by atoms with Gasteiger partial charge in [-0.2, -0.15) is 5.21 Å². The maximum atomic E-state index is 9.04. The van der Waals surface area contributed by atoms with Gasteiger partial charge in [-0.3, -0.25) is 0 Å². The summed E-state index contributed by atoms with van der Waals surface area (Å²) in [6.45, 7) is 1.86. The Hall–Kier alpha value is -0.240. The van der Waals surface area contributed by atoms with E-state index in [0.717, 1.165) is 0 Å². The summed E-state index contributed by atoms with van der Waals surface area (Å²) >= 11 is 0. The molecule has 0 aromatic heterocycles. The molecule has 0 bridgehead atoms. The third-order valence-electron chi connectivity index (χ3n) is 1.25. The summed E-state index contributed by atoms with van der Waals surface area (Å²) in [5.74, 6) is 10.0. The molecule has 0 amide bonds. The van der Waals surface area contributed by atoms with E-state index in [9.17, 15) is 0 Å². The predicted molar refractivity (Wildman–Crippen MR) is 42.6 cm³/mol. The van der Waals surface area contributed by atoms with Crippen LogP contribution in [0.4, 0.5) is 0 Å². The minimum absolute atomic E-state index is 0.383. The molecule has 74 valence electrons. The van der Waals surface area contributed by atoms with Gasteiger partial charge in [-0.25, -0.2) is 5.90 Å². The van der Waals surface area contributed by atoms with Gasteiger partial charge < -0.3 is 9.57 Å². The first-order valence-corrected chi connectivity index (χ1v) is 3.82. The quantitative estimate of drug-likeness (QED) is 0.202. The van der Waals surface area contributed by atoms with Gasteiger partial charge in [0.2, 0.25) is 0 Å². The molecular formula is C6H18N3O3+. The Kier molecular flexibility index (Phi) is 6.17. The van der Waals surface area contributed by atoms with Crippen molar-refractivity contribution in [3.63, 3.8) is 0 Å². The fourth-order valence-corrected chi connectivity index (χ4v) is 0.696. The number of ether oxygens (including phenoxy) is 1. The van der Waals surface area contributed by atoms with Crippen molar-refractivity contribution < 1.29 is 19.5 Å². The van der Waals surface area contributed by atoms with E-state index in [2.05, 4.69) is 4.84 Å². The first kappa shape index (κ1) is 11.8. The van der Waals surface area contributed by atoms with Crippen molar-refractivity contribution in [1.29, 1.82) is 0 Å². The van der Waals surface area contributed by atoms with Gasteiger partial charge >= 0.3 is 0 Å². The van der Waals surface area contributed by atoms with Gasteiger partial charge in [0.25, 0.3) is 0 Å². The molecule has 12 heavy (non-hydrogen) atoms. The predicted octanol–water partition coefficient (Wildman–Crippen LogP) is -1.01. The number of nitrogens with two attached hydrogens (primary N) is 2. The highest BCUT2D eigenvalue weighted by Crippen LogP contribution is 1.89. The Morgan fingerprint density at radius 3 is 2.50 bits per heavy atom. The van der Waals surface area contributed by atoms with Crippen molar-refractivity contribution in [2.75, 3.05) is 33.4 Å². The van der Waals surface area contributed by atoms with Gasteiger partial charge in [-0.05, 0) is 0 Å². The van der Waals surface area contributed by atoms with Crippen LogP contribution >= 0.6 is 0 Å². The Morgan fingerprint density at radius 2 is 2.00 bits per heavy atom. The Bertz CT molecular complexity index is 105. The van der Waals surface area contributed by atoms with Crippen LogP contribution in [0.25, 0.3) is 0 Å². The zero-order chi connectivity index (χ0) is 9.45. The van der Waals surface area contributed by atoms with Crippen LogP contribution in [0.1, 0.15) is 6.42 Å². The normalized spacial score (nSPS) is 16.0. The van der Waals surface area contributed by atoms with Crippen molar-refractivity contribution in [2.24, 2.45) is 11.7 Å². The average molecular weight is 180 g/mol. The summed E-state index contributed by atoms with van der Waals surface area (Å²) in [6.07, 6.45) is 0.702. The van der Waals surface area contributed by atoms with Crippen molar-refractivity contribution in [2.45, 2.75) is 6.42 Å². The fourth-order valence-electron chi connectivity index (χ4n) is 0.696. The zero-order valence-corrected chi connectivity index (χ0v) is 7.40. The molecule has 0 heterocycles. The molecule has 0 aromatic carbocycles. The Balaban J connectivity index is 3.01. The SMILES string of the molecule is C[N+](N)(O)CCCOCCON. The minimum Gasteiger partial charge on any atom is -0.379 e. The lowest BCUT2D eigenvalue weighted by atomic mass is 10.4. The molecule has 1 unspecified atom stereocenters. The summed E-state index contributed by atoms with van der Waals surface area (Å²) in [4.78, 5) is 4.29. The van der Waals surface area contributed by atoms with E-state index in [1.54, 1.807) is 0 Å².